The first-order chi connectivity index (χ1) is 9.54. The first kappa shape index (κ1) is 12.5. The van der Waals surface area contributed by atoms with Gasteiger partial charge in [0.2, 0.25) is 0 Å². The molecule has 0 saturated carbocycles. The summed E-state index contributed by atoms with van der Waals surface area (Å²) in [5.74, 6) is 0.574. The Balaban J connectivity index is 1.97. The van der Waals surface area contributed by atoms with E-state index in [1.165, 1.54) is 0 Å². The molecule has 0 saturated heterocycles. The topological polar surface area (TPSA) is 73.4 Å². The van der Waals surface area contributed by atoms with E-state index in [0.717, 1.165) is 17.1 Å². The van der Waals surface area contributed by atoms with Gasteiger partial charge in [-0.2, -0.15) is 5.10 Å². The molecule has 0 radical (unpaired) electrons. The standard InChI is InChI=1S/C14H16N4O2/c1-9-5-11(17(2)16-9)7-18-12-4-3-10(15)6-13(12)20-8-14(18)19/h3-6H,7-8,15H2,1-2H3. The van der Waals surface area contributed by atoms with E-state index in [9.17, 15) is 4.79 Å². The number of benzene rings is 1. The van der Waals surface area contributed by atoms with E-state index in [1.807, 2.05) is 26.1 Å². The number of carbonyl (C=O) groups is 1. The molecule has 0 fully saturated rings. The molecule has 2 aromatic rings. The number of aryl methyl sites for hydroxylation is 2. The van der Waals surface area contributed by atoms with Crippen LogP contribution in [-0.4, -0.2) is 22.3 Å². The molecular weight excluding hydrogens is 256 g/mol. The van der Waals surface area contributed by atoms with Crippen molar-refractivity contribution in [2.45, 2.75) is 13.5 Å². The summed E-state index contributed by atoms with van der Waals surface area (Å²) in [6, 6.07) is 7.29. The summed E-state index contributed by atoms with van der Waals surface area (Å²) >= 11 is 0. The maximum Gasteiger partial charge on any atom is 0.265 e. The lowest BCUT2D eigenvalue weighted by Gasteiger charge is -2.29. The smallest absolute Gasteiger partial charge is 0.265 e. The highest BCUT2D eigenvalue weighted by atomic mass is 16.5. The summed E-state index contributed by atoms with van der Waals surface area (Å²) in [6.07, 6.45) is 0. The van der Waals surface area contributed by atoms with E-state index in [-0.39, 0.29) is 12.5 Å². The molecule has 2 heterocycles. The number of hydrogen-bond donors (Lipinski definition) is 1. The van der Waals surface area contributed by atoms with E-state index < -0.39 is 0 Å². The molecule has 0 unspecified atom stereocenters. The van der Waals surface area contributed by atoms with Gasteiger partial charge in [0, 0.05) is 18.8 Å². The van der Waals surface area contributed by atoms with Crippen LogP contribution in [0.2, 0.25) is 0 Å². The Morgan fingerprint density at radius 3 is 2.90 bits per heavy atom. The van der Waals surface area contributed by atoms with Gasteiger partial charge in [0.15, 0.2) is 6.61 Å². The fourth-order valence-electron chi connectivity index (χ4n) is 2.37. The number of rotatable bonds is 2. The lowest BCUT2D eigenvalue weighted by Crippen LogP contribution is -2.38. The minimum absolute atomic E-state index is 0.0350. The van der Waals surface area contributed by atoms with Crippen LogP contribution in [0.5, 0.6) is 5.75 Å². The average molecular weight is 272 g/mol. The highest BCUT2D eigenvalue weighted by molar-refractivity contribution is 5.98. The molecular formula is C14H16N4O2. The maximum absolute atomic E-state index is 12.1. The molecule has 1 aromatic carbocycles. The quantitative estimate of drug-likeness (QED) is 0.835. The van der Waals surface area contributed by atoms with Gasteiger partial charge in [0.25, 0.3) is 5.91 Å². The van der Waals surface area contributed by atoms with Crippen LogP contribution in [0.4, 0.5) is 11.4 Å². The average Bonchev–Trinajstić information content (AvgIpc) is 2.71. The summed E-state index contributed by atoms with van der Waals surface area (Å²) in [6.45, 7) is 2.43. The molecule has 0 spiro atoms. The van der Waals surface area contributed by atoms with E-state index in [4.69, 9.17) is 10.5 Å². The van der Waals surface area contributed by atoms with Crippen LogP contribution in [0.1, 0.15) is 11.4 Å². The van der Waals surface area contributed by atoms with Crippen molar-refractivity contribution < 1.29 is 9.53 Å². The predicted octanol–water partition coefficient (Wildman–Crippen LogP) is 1.24. The van der Waals surface area contributed by atoms with Gasteiger partial charge in [-0.25, -0.2) is 0 Å². The Morgan fingerprint density at radius 1 is 1.40 bits per heavy atom. The number of ether oxygens (including phenoxy) is 1. The van der Waals surface area contributed by atoms with Gasteiger partial charge in [-0.15, -0.1) is 0 Å². The van der Waals surface area contributed by atoms with Crippen LogP contribution in [0.25, 0.3) is 0 Å². The Kier molecular flexibility index (Phi) is 2.85. The van der Waals surface area contributed by atoms with Gasteiger partial charge < -0.3 is 10.5 Å². The third kappa shape index (κ3) is 2.09. The predicted molar refractivity (Wildman–Crippen MR) is 75.5 cm³/mol. The minimum atomic E-state index is -0.0684. The van der Waals surface area contributed by atoms with Crippen molar-refractivity contribution in [2.24, 2.45) is 7.05 Å². The number of aromatic nitrogens is 2. The molecule has 1 aromatic heterocycles. The SMILES string of the molecule is Cc1cc(CN2C(=O)COc3cc(N)ccc32)n(C)n1. The zero-order chi connectivity index (χ0) is 14.3. The van der Waals surface area contributed by atoms with Gasteiger partial charge >= 0.3 is 0 Å². The molecule has 0 atom stereocenters. The molecule has 6 nitrogen and oxygen atoms in total. The molecule has 20 heavy (non-hydrogen) atoms. The van der Waals surface area contributed by atoms with Crippen molar-refractivity contribution in [1.82, 2.24) is 9.78 Å². The second kappa shape index (κ2) is 4.56. The maximum atomic E-state index is 12.1. The second-order valence-electron chi connectivity index (χ2n) is 4.90. The van der Waals surface area contributed by atoms with Crippen LogP contribution >= 0.6 is 0 Å². The summed E-state index contributed by atoms with van der Waals surface area (Å²) in [4.78, 5) is 13.8. The first-order valence-corrected chi connectivity index (χ1v) is 6.37. The van der Waals surface area contributed by atoms with E-state index in [1.54, 1.807) is 21.7 Å². The molecule has 104 valence electrons. The van der Waals surface area contributed by atoms with Gasteiger partial charge in [-0.05, 0) is 25.1 Å². The first-order valence-electron chi connectivity index (χ1n) is 6.37. The molecule has 2 N–H and O–H groups in total. The lowest BCUT2D eigenvalue weighted by molar-refractivity contribution is -0.121. The van der Waals surface area contributed by atoms with Crippen LogP contribution in [0.15, 0.2) is 24.3 Å². The number of hydrogen-bond acceptors (Lipinski definition) is 4. The van der Waals surface area contributed by atoms with Crippen molar-refractivity contribution in [2.75, 3.05) is 17.2 Å². The Labute approximate surface area is 116 Å². The Hall–Kier alpha value is -2.50. The number of anilines is 2. The summed E-state index contributed by atoms with van der Waals surface area (Å²) < 4.78 is 7.21. The van der Waals surface area contributed by atoms with Crippen LogP contribution in [0, 0.1) is 6.92 Å². The molecule has 0 aliphatic carbocycles. The van der Waals surface area contributed by atoms with Crippen molar-refractivity contribution in [1.29, 1.82) is 0 Å². The number of fused-ring (bicyclic) bond motifs is 1. The lowest BCUT2D eigenvalue weighted by atomic mass is 10.2. The highest BCUT2D eigenvalue weighted by Gasteiger charge is 2.26. The monoisotopic (exact) mass is 272 g/mol. The number of nitrogens with zero attached hydrogens (tertiary/aromatic N) is 3. The number of amides is 1. The van der Waals surface area contributed by atoms with E-state index in [2.05, 4.69) is 5.10 Å². The Bertz CT molecular complexity index is 678. The minimum Gasteiger partial charge on any atom is -0.481 e. The molecule has 3 rings (SSSR count). The zero-order valence-electron chi connectivity index (χ0n) is 11.5. The fourth-order valence-corrected chi connectivity index (χ4v) is 2.37. The summed E-state index contributed by atoms with van der Waals surface area (Å²) in [5, 5.41) is 4.30. The van der Waals surface area contributed by atoms with Crippen LogP contribution in [-0.2, 0) is 18.4 Å². The van der Waals surface area contributed by atoms with Crippen LogP contribution in [0.3, 0.4) is 0 Å². The summed E-state index contributed by atoms with van der Waals surface area (Å²) in [7, 11) is 1.87. The van der Waals surface area contributed by atoms with Crippen molar-refractivity contribution >= 4 is 17.3 Å². The molecule has 1 amide bonds. The molecule has 0 bridgehead atoms. The van der Waals surface area contributed by atoms with Crippen molar-refractivity contribution in [3.8, 4) is 5.75 Å². The largest absolute Gasteiger partial charge is 0.481 e. The van der Waals surface area contributed by atoms with Gasteiger partial charge in [-0.1, -0.05) is 0 Å². The Morgan fingerprint density at radius 2 is 2.20 bits per heavy atom. The van der Waals surface area contributed by atoms with Crippen molar-refractivity contribution in [3.63, 3.8) is 0 Å². The van der Waals surface area contributed by atoms with E-state index in [0.29, 0.717) is 18.0 Å². The van der Waals surface area contributed by atoms with Crippen molar-refractivity contribution in [3.05, 3.63) is 35.7 Å². The van der Waals surface area contributed by atoms with Gasteiger partial charge in [0.1, 0.15) is 5.75 Å². The number of nitrogen functional groups attached to an aromatic ring is 1. The number of nitrogens with two attached hydrogens (primary N) is 1. The van der Waals surface area contributed by atoms with Gasteiger partial charge in [0.05, 0.1) is 23.6 Å². The fraction of sp³-hybridized carbons (Fsp3) is 0.286. The third-order valence-electron chi connectivity index (χ3n) is 3.35. The highest BCUT2D eigenvalue weighted by Crippen LogP contribution is 2.34. The second-order valence-corrected chi connectivity index (χ2v) is 4.90. The van der Waals surface area contributed by atoms with Crippen LogP contribution < -0.4 is 15.4 Å². The van der Waals surface area contributed by atoms with E-state index >= 15 is 0 Å². The molecule has 1 aliphatic heterocycles. The number of carbonyl (C=O) groups excluding carboxylic acids is 1. The summed E-state index contributed by atoms with van der Waals surface area (Å²) in [5.41, 5.74) is 9.01. The zero-order valence-corrected chi connectivity index (χ0v) is 11.5. The van der Waals surface area contributed by atoms with Gasteiger partial charge in [-0.3, -0.25) is 14.4 Å². The normalized spacial score (nSPS) is 14.1. The third-order valence-corrected chi connectivity index (χ3v) is 3.35. The molecule has 1 aliphatic rings. The molecule has 6 heteroatoms.